The Morgan fingerprint density at radius 1 is 1.35 bits per heavy atom. The van der Waals surface area contributed by atoms with Crippen LogP contribution in [-0.2, 0) is 20.9 Å². The fraction of sp³-hybridized carbons (Fsp3) is 0.467. The van der Waals surface area contributed by atoms with E-state index in [2.05, 4.69) is 5.32 Å². The number of likely N-dealkylation sites (tertiary alicyclic amines) is 1. The molecule has 5 nitrogen and oxygen atoms in total. The second kappa shape index (κ2) is 6.05. The first-order valence-electron chi connectivity index (χ1n) is 6.74. The predicted octanol–water partition coefficient (Wildman–Crippen LogP) is 1.78. The molecule has 0 spiro atoms. The SMILES string of the molecule is COCc1ccccc1NC1CC(=O)N(C(C)C)C1=O. The van der Waals surface area contributed by atoms with Crippen molar-refractivity contribution >= 4 is 17.5 Å². The predicted molar refractivity (Wildman–Crippen MR) is 76.2 cm³/mol. The van der Waals surface area contributed by atoms with E-state index < -0.39 is 6.04 Å². The van der Waals surface area contributed by atoms with Gasteiger partial charge in [-0.2, -0.15) is 0 Å². The summed E-state index contributed by atoms with van der Waals surface area (Å²) in [6.45, 7) is 4.15. The van der Waals surface area contributed by atoms with Crippen LogP contribution in [0.25, 0.3) is 0 Å². The van der Waals surface area contributed by atoms with Gasteiger partial charge in [-0.15, -0.1) is 0 Å². The number of rotatable bonds is 5. The molecule has 108 valence electrons. The van der Waals surface area contributed by atoms with Crippen LogP contribution in [0.3, 0.4) is 0 Å². The lowest BCUT2D eigenvalue weighted by Crippen LogP contribution is -2.39. The molecule has 0 radical (unpaired) electrons. The van der Waals surface area contributed by atoms with Gasteiger partial charge >= 0.3 is 0 Å². The number of para-hydroxylation sites is 1. The molecular weight excluding hydrogens is 256 g/mol. The molecule has 0 saturated carbocycles. The van der Waals surface area contributed by atoms with Gasteiger partial charge in [0.15, 0.2) is 0 Å². The highest BCUT2D eigenvalue weighted by Gasteiger charge is 2.39. The second-order valence-corrected chi connectivity index (χ2v) is 5.19. The Morgan fingerprint density at radius 2 is 2.05 bits per heavy atom. The van der Waals surface area contributed by atoms with Crippen molar-refractivity contribution < 1.29 is 14.3 Å². The third-order valence-corrected chi connectivity index (χ3v) is 3.35. The van der Waals surface area contributed by atoms with Crippen LogP contribution in [0.5, 0.6) is 0 Å². The van der Waals surface area contributed by atoms with Crippen molar-refractivity contribution in [3.8, 4) is 0 Å². The van der Waals surface area contributed by atoms with Gasteiger partial charge in [-0.3, -0.25) is 14.5 Å². The maximum atomic E-state index is 12.2. The molecule has 1 unspecified atom stereocenters. The van der Waals surface area contributed by atoms with Crippen LogP contribution >= 0.6 is 0 Å². The van der Waals surface area contributed by atoms with Crippen molar-refractivity contribution in [2.24, 2.45) is 0 Å². The highest BCUT2D eigenvalue weighted by atomic mass is 16.5. The van der Waals surface area contributed by atoms with E-state index in [1.165, 1.54) is 4.90 Å². The molecule has 1 aliphatic heterocycles. The highest BCUT2D eigenvalue weighted by molar-refractivity contribution is 6.07. The first kappa shape index (κ1) is 14.5. The monoisotopic (exact) mass is 276 g/mol. The number of hydrogen-bond acceptors (Lipinski definition) is 4. The van der Waals surface area contributed by atoms with E-state index in [4.69, 9.17) is 4.74 Å². The number of methoxy groups -OCH3 is 1. The molecule has 0 bridgehead atoms. The van der Waals surface area contributed by atoms with Crippen LogP contribution in [0.1, 0.15) is 25.8 Å². The molecule has 2 rings (SSSR count). The third kappa shape index (κ3) is 2.82. The summed E-state index contributed by atoms with van der Waals surface area (Å²) in [5, 5.41) is 3.17. The zero-order chi connectivity index (χ0) is 14.7. The lowest BCUT2D eigenvalue weighted by atomic mass is 10.1. The number of amides is 2. The molecule has 0 aliphatic carbocycles. The number of ether oxygens (including phenoxy) is 1. The van der Waals surface area contributed by atoms with E-state index in [0.717, 1.165) is 11.3 Å². The second-order valence-electron chi connectivity index (χ2n) is 5.19. The lowest BCUT2D eigenvalue weighted by molar-refractivity contribution is -0.140. The quantitative estimate of drug-likeness (QED) is 0.833. The van der Waals surface area contributed by atoms with Crippen molar-refractivity contribution in [2.75, 3.05) is 12.4 Å². The highest BCUT2D eigenvalue weighted by Crippen LogP contribution is 2.23. The summed E-state index contributed by atoms with van der Waals surface area (Å²) in [5.74, 6) is -0.274. The number of imide groups is 1. The molecule has 20 heavy (non-hydrogen) atoms. The lowest BCUT2D eigenvalue weighted by Gasteiger charge is -2.20. The molecule has 0 aromatic heterocycles. The molecule has 1 aromatic rings. The summed E-state index contributed by atoms with van der Waals surface area (Å²) >= 11 is 0. The van der Waals surface area contributed by atoms with Crippen molar-refractivity contribution in [2.45, 2.75) is 39.0 Å². The number of anilines is 1. The van der Waals surface area contributed by atoms with Crippen molar-refractivity contribution in [3.05, 3.63) is 29.8 Å². The normalized spacial score (nSPS) is 19.0. The van der Waals surface area contributed by atoms with Gasteiger partial charge in [0.25, 0.3) is 5.91 Å². The largest absolute Gasteiger partial charge is 0.380 e. The summed E-state index contributed by atoms with van der Waals surface area (Å²) in [5.41, 5.74) is 1.81. The summed E-state index contributed by atoms with van der Waals surface area (Å²) in [7, 11) is 1.63. The molecule has 1 N–H and O–H groups in total. The molecule has 5 heteroatoms. The number of benzene rings is 1. The third-order valence-electron chi connectivity index (χ3n) is 3.35. The van der Waals surface area contributed by atoms with E-state index in [1.54, 1.807) is 7.11 Å². The maximum Gasteiger partial charge on any atom is 0.252 e. The minimum Gasteiger partial charge on any atom is -0.380 e. The van der Waals surface area contributed by atoms with Crippen molar-refractivity contribution in [1.82, 2.24) is 4.90 Å². The maximum absolute atomic E-state index is 12.2. The Labute approximate surface area is 118 Å². The average Bonchev–Trinajstić information content (AvgIpc) is 2.67. The minimum absolute atomic E-state index is 0.101. The Kier molecular flexibility index (Phi) is 4.39. The van der Waals surface area contributed by atoms with Gasteiger partial charge in [0, 0.05) is 24.4 Å². The summed E-state index contributed by atoms with van der Waals surface area (Å²) in [6.07, 6.45) is 0.207. The Morgan fingerprint density at radius 3 is 2.65 bits per heavy atom. The molecule has 1 heterocycles. The van der Waals surface area contributed by atoms with Crippen LogP contribution < -0.4 is 5.32 Å². The summed E-state index contributed by atoms with van der Waals surface area (Å²) < 4.78 is 5.14. The number of nitrogens with one attached hydrogen (secondary N) is 1. The number of nitrogens with zero attached hydrogens (tertiary/aromatic N) is 1. The zero-order valence-electron chi connectivity index (χ0n) is 12.1. The zero-order valence-corrected chi connectivity index (χ0v) is 12.1. The van der Waals surface area contributed by atoms with Gasteiger partial charge in [-0.1, -0.05) is 18.2 Å². The van der Waals surface area contributed by atoms with E-state index in [9.17, 15) is 9.59 Å². The van der Waals surface area contributed by atoms with Crippen molar-refractivity contribution in [1.29, 1.82) is 0 Å². The fourth-order valence-corrected chi connectivity index (χ4v) is 2.44. The molecule has 1 aliphatic rings. The van der Waals surface area contributed by atoms with Crippen LogP contribution in [0.2, 0.25) is 0 Å². The first-order valence-corrected chi connectivity index (χ1v) is 6.74. The van der Waals surface area contributed by atoms with Gasteiger partial charge in [-0.25, -0.2) is 0 Å². The van der Waals surface area contributed by atoms with Gasteiger partial charge in [0.05, 0.1) is 13.0 Å². The van der Waals surface area contributed by atoms with E-state index in [-0.39, 0.29) is 24.3 Å². The molecule has 1 atom stereocenters. The van der Waals surface area contributed by atoms with E-state index in [0.29, 0.717) is 6.61 Å². The Bertz CT molecular complexity index is 514. The van der Waals surface area contributed by atoms with Crippen molar-refractivity contribution in [3.63, 3.8) is 0 Å². The fourth-order valence-electron chi connectivity index (χ4n) is 2.44. The topological polar surface area (TPSA) is 58.6 Å². The first-order chi connectivity index (χ1) is 9.54. The molecule has 1 saturated heterocycles. The smallest absolute Gasteiger partial charge is 0.252 e. The Hall–Kier alpha value is -1.88. The number of hydrogen-bond donors (Lipinski definition) is 1. The molecular formula is C15H20N2O3. The molecule has 1 aromatic carbocycles. The van der Waals surface area contributed by atoms with Crippen LogP contribution in [0.4, 0.5) is 5.69 Å². The van der Waals surface area contributed by atoms with Crippen LogP contribution in [0, 0.1) is 0 Å². The number of carbonyl (C=O) groups excluding carboxylic acids is 2. The molecule has 2 amide bonds. The van der Waals surface area contributed by atoms with Gasteiger partial charge in [0.1, 0.15) is 6.04 Å². The Balaban J connectivity index is 2.15. The standard InChI is InChI=1S/C15H20N2O3/c1-10(2)17-14(18)8-13(15(17)19)16-12-7-5-4-6-11(12)9-20-3/h4-7,10,13,16H,8-9H2,1-3H3. The van der Waals surface area contributed by atoms with Gasteiger partial charge in [-0.05, 0) is 19.9 Å². The van der Waals surface area contributed by atoms with E-state index in [1.807, 2.05) is 38.1 Å². The summed E-state index contributed by atoms with van der Waals surface area (Å²) in [6, 6.07) is 7.06. The summed E-state index contributed by atoms with van der Waals surface area (Å²) in [4.78, 5) is 25.5. The van der Waals surface area contributed by atoms with Gasteiger partial charge in [0.2, 0.25) is 5.91 Å². The van der Waals surface area contributed by atoms with E-state index >= 15 is 0 Å². The average molecular weight is 276 g/mol. The minimum atomic E-state index is -0.483. The van der Waals surface area contributed by atoms with Gasteiger partial charge < -0.3 is 10.1 Å². The van der Waals surface area contributed by atoms with Crippen LogP contribution in [0.15, 0.2) is 24.3 Å². The molecule has 1 fully saturated rings. The van der Waals surface area contributed by atoms with Crippen LogP contribution in [-0.4, -0.2) is 35.9 Å². The number of carbonyl (C=O) groups is 2.